The fourth-order valence-corrected chi connectivity index (χ4v) is 5.38. The number of hydrogen-bond donors (Lipinski definition) is 1. The lowest BCUT2D eigenvalue weighted by Crippen LogP contribution is -2.47. The highest BCUT2D eigenvalue weighted by molar-refractivity contribution is 7.90. The Morgan fingerprint density at radius 1 is 1.18 bits per heavy atom. The zero-order chi connectivity index (χ0) is 23.5. The second-order valence-corrected chi connectivity index (χ2v) is 11.9. The predicted octanol–water partition coefficient (Wildman–Crippen LogP) is 3.46. The molecule has 0 atom stereocenters. The normalized spacial score (nSPS) is 15.7. The third-order valence-corrected chi connectivity index (χ3v) is 7.75. The molecule has 8 nitrogen and oxygen atoms in total. The number of aromatic nitrogens is 5. The Labute approximate surface area is 194 Å². The Hall–Kier alpha value is -2.78. The van der Waals surface area contributed by atoms with Gasteiger partial charge >= 0.3 is 0 Å². The molecule has 9 heteroatoms. The molecule has 0 amide bonds. The van der Waals surface area contributed by atoms with Crippen LogP contribution in [0.3, 0.4) is 0 Å². The van der Waals surface area contributed by atoms with Crippen molar-refractivity contribution in [1.29, 1.82) is 0 Å². The number of H-pyrrole nitrogens is 1. The SMILES string of the molecule is Cc1c(-c2[nH]c3ccc(C4CN(CCS(C)(=O)=O)C4)nc3c2C(C)C)cn2ncnc2c1C. The molecule has 5 rings (SSSR count). The molecule has 174 valence electrons. The van der Waals surface area contributed by atoms with Crippen LogP contribution in [0.1, 0.15) is 48.1 Å². The van der Waals surface area contributed by atoms with Crippen LogP contribution in [0.4, 0.5) is 0 Å². The summed E-state index contributed by atoms with van der Waals surface area (Å²) in [6.07, 6.45) is 4.93. The molecule has 4 aromatic heterocycles. The van der Waals surface area contributed by atoms with E-state index in [9.17, 15) is 8.42 Å². The van der Waals surface area contributed by atoms with Crippen LogP contribution in [0.25, 0.3) is 27.9 Å². The summed E-state index contributed by atoms with van der Waals surface area (Å²) < 4.78 is 24.7. The molecule has 0 radical (unpaired) electrons. The molecule has 0 unspecified atom stereocenters. The van der Waals surface area contributed by atoms with E-state index in [2.05, 4.69) is 59.8 Å². The monoisotopic (exact) mass is 466 g/mol. The number of likely N-dealkylation sites (tertiary alicyclic amines) is 1. The lowest BCUT2D eigenvalue weighted by Gasteiger charge is -2.38. The molecule has 1 aliphatic rings. The van der Waals surface area contributed by atoms with Crippen LogP contribution < -0.4 is 0 Å². The van der Waals surface area contributed by atoms with Crippen LogP contribution in [-0.4, -0.2) is 69.5 Å². The van der Waals surface area contributed by atoms with Crippen molar-refractivity contribution in [3.8, 4) is 11.3 Å². The zero-order valence-corrected chi connectivity index (χ0v) is 20.6. The van der Waals surface area contributed by atoms with E-state index >= 15 is 0 Å². The number of nitrogens with one attached hydrogen (secondary N) is 1. The van der Waals surface area contributed by atoms with Crippen LogP contribution in [0, 0.1) is 13.8 Å². The number of aryl methyl sites for hydroxylation is 1. The van der Waals surface area contributed by atoms with Gasteiger partial charge in [-0.2, -0.15) is 5.10 Å². The van der Waals surface area contributed by atoms with Gasteiger partial charge in [0.15, 0.2) is 5.65 Å². The molecule has 33 heavy (non-hydrogen) atoms. The summed E-state index contributed by atoms with van der Waals surface area (Å²) in [5.74, 6) is 0.831. The molecule has 0 bridgehead atoms. The summed E-state index contributed by atoms with van der Waals surface area (Å²) in [7, 11) is -2.93. The molecule has 1 aliphatic heterocycles. The molecule has 1 saturated heterocycles. The minimum absolute atomic E-state index is 0.208. The largest absolute Gasteiger partial charge is 0.353 e. The van der Waals surface area contributed by atoms with Gasteiger partial charge in [0.25, 0.3) is 0 Å². The molecular formula is C24H30N6O2S. The second kappa shape index (κ2) is 7.92. The molecule has 5 heterocycles. The van der Waals surface area contributed by atoms with Crippen LogP contribution in [0.15, 0.2) is 24.7 Å². The van der Waals surface area contributed by atoms with E-state index in [4.69, 9.17) is 4.98 Å². The summed E-state index contributed by atoms with van der Waals surface area (Å²) >= 11 is 0. The quantitative estimate of drug-likeness (QED) is 0.468. The van der Waals surface area contributed by atoms with E-state index in [1.165, 1.54) is 17.4 Å². The first-order chi connectivity index (χ1) is 15.6. The highest BCUT2D eigenvalue weighted by atomic mass is 32.2. The van der Waals surface area contributed by atoms with E-state index in [0.29, 0.717) is 12.5 Å². The summed E-state index contributed by atoms with van der Waals surface area (Å²) in [5, 5.41) is 4.36. The molecule has 1 fully saturated rings. The Kier molecular flexibility index (Phi) is 5.29. The number of nitrogens with zero attached hydrogens (tertiary/aromatic N) is 5. The smallest absolute Gasteiger partial charge is 0.158 e. The predicted molar refractivity (Wildman–Crippen MR) is 131 cm³/mol. The van der Waals surface area contributed by atoms with Gasteiger partial charge in [-0.05, 0) is 43.0 Å². The molecular weight excluding hydrogens is 436 g/mol. The van der Waals surface area contributed by atoms with E-state index in [0.717, 1.165) is 52.3 Å². The number of hydrogen-bond acceptors (Lipinski definition) is 6. The van der Waals surface area contributed by atoms with E-state index in [-0.39, 0.29) is 11.7 Å². The van der Waals surface area contributed by atoms with Crippen molar-refractivity contribution < 1.29 is 8.42 Å². The van der Waals surface area contributed by atoms with Crippen molar-refractivity contribution in [2.45, 2.75) is 39.5 Å². The lowest BCUT2D eigenvalue weighted by molar-refractivity contribution is 0.156. The highest BCUT2D eigenvalue weighted by Gasteiger charge is 2.30. The molecule has 0 aromatic carbocycles. The third-order valence-electron chi connectivity index (χ3n) is 6.83. The van der Waals surface area contributed by atoms with Crippen molar-refractivity contribution in [1.82, 2.24) is 29.5 Å². The summed E-state index contributed by atoms with van der Waals surface area (Å²) in [5.41, 5.74) is 9.72. The van der Waals surface area contributed by atoms with Crippen molar-refractivity contribution in [2.75, 3.05) is 31.6 Å². The average molecular weight is 467 g/mol. The number of fused-ring (bicyclic) bond motifs is 2. The standard InChI is InChI=1S/C24H30N6O2S/c1-14(2)21-22(18-12-30-24(25-13-26-30)16(4)15(18)3)28-20-7-6-19(27-23(20)21)17-10-29(11-17)8-9-33(5,31)32/h6-7,12-14,17,28H,8-11H2,1-5H3. The van der Waals surface area contributed by atoms with Gasteiger partial charge in [0.1, 0.15) is 16.2 Å². The number of aromatic amines is 1. The summed E-state index contributed by atoms with van der Waals surface area (Å²) in [4.78, 5) is 15.3. The fraction of sp³-hybridized carbons (Fsp3) is 0.458. The van der Waals surface area contributed by atoms with Gasteiger partial charge in [0.05, 0.1) is 22.5 Å². The van der Waals surface area contributed by atoms with Gasteiger partial charge in [-0.15, -0.1) is 0 Å². The first-order valence-corrected chi connectivity index (χ1v) is 13.4. The molecule has 0 aliphatic carbocycles. The van der Waals surface area contributed by atoms with E-state index in [1.807, 2.05) is 10.7 Å². The molecule has 4 aromatic rings. The minimum Gasteiger partial charge on any atom is -0.353 e. The first-order valence-electron chi connectivity index (χ1n) is 11.3. The number of rotatable bonds is 6. The van der Waals surface area contributed by atoms with Gasteiger partial charge in [-0.1, -0.05) is 13.8 Å². The van der Waals surface area contributed by atoms with Crippen molar-refractivity contribution in [3.63, 3.8) is 0 Å². The van der Waals surface area contributed by atoms with Gasteiger partial charge in [0.2, 0.25) is 0 Å². The maximum absolute atomic E-state index is 11.4. The maximum atomic E-state index is 11.4. The van der Waals surface area contributed by atoms with Gasteiger partial charge in [0, 0.05) is 54.8 Å². The molecule has 0 saturated carbocycles. The van der Waals surface area contributed by atoms with Crippen molar-refractivity contribution in [3.05, 3.63) is 47.0 Å². The Bertz CT molecular complexity index is 1460. The zero-order valence-electron chi connectivity index (χ0n) is 19.8. The third kappa shape index (κ3) is 3.93. The van der Waals surface area contributed by atoms with E-state index < -0.39 is 9.84 Å². The second-order valence-electron chi connectivity index (χ2n) is 9.61. The summed E-state index contributed by atoms with van der Waals surface area (Å²) in [6.45, 7) is 10.9. The van der Waals surface area contributed by atoms with Crippen LogP contribution in [0.2, 0.25) is 0 Å². The Morgan fingerprint density at radius 3 is 2.64 bits per heavy atom. The Morgan fingerprint density at radius 2 is 1.94 bits per heavy atom. The summed E-state index contributed by atoms with van der Waals surface area (Å²) in [6, 6.07) is 4.23. The Balaban J connectivity index is 1.51. The van der Waals surface area contributed by atoms with Crippen LogP contribution in [0.5, 0.6) is 0 Å². The van der Waals surface area contributed by atoms with Gasteiger partial charge in [-0.25, -0.2) is 17.9 Å². The average Bonchev–Trinajstić information content (AvgIpc) is 3.32. The molecule has 1 N–H and O–H groups in total. The van der Waals surface area contributed by atoms with Gasteiger partial charge in [-0.3, -0.25) is 4.98 Å². The number of pyridine rings is 2. The molecule has 0 spiro atoms. The minimum atomic E-state index is -2.93. The van der Waals surface area contributed by atoms with Gasteiger partial charge < -0.3 is 9.88 Å². The van der Waals surface area contributed by atoms with Crippen LogP contribution >= 0.6 is 0 Å². The van der Waals surface area contributed by atoms with Crippen molar-refractivity contribution >= 4 is 26.5 Å². The number of sulfone groups is 1. The fourth-order valence-electron chi connectivity index (χ4n) is 4.79. The highest BCUT2D eigenvalue weighted by Crippen LogP contribution is 2.38. The van der Waals surface area contributed by atoms with Crippen molar-refractivity contribution in [2.24, 2.45) is 0 Å². The first kappa shape index (κ1) is 22.0. The lowest BCUT2D eigenvalue weighted by atomic mass is 9.94. The van der Waals surface area contributed by atoms with E-state index in [1.54, 1.807) is 6.33 Å². The topological polar surface area (TPSA) is 96.2 Å². The maximum Gasteiger partial charge on any atom is 0.158 e. The van der Waals surface area contributed by atoms with Crippen LogP contribution in [-0.2, 0) is 9.84 Å².